The highest BCUT2D eigenvalue weighted by Gasteiger charge is 2.21. The van der Waals surface area contributed by atoms with E-state index in [1.807, 2.05) is 18.2 Å². The zero-order chi connectivity index (χ0) is 9.26. The summed E-state index contributed by atoms with van der Waals surface area (Å²) in [5, 5.41) is 0. The number of hydrogen-bond donors (Lipinski definition) is 0. The van der Waals surface area contributed by atoms with Crippen molar-refractivity contribution in [1.82, 2.24) is 0 Å². The molecule has 1 unspecified atom stereocenters. The number of aldehydes is 1. The minimum absolute atomic E-state index is 0.158. The molecule has 13 heavy (non-hydrogen) atoms. The largest absolute Gasteiger partial charge is 0.298 e. The van der Waals surface area contributed by atoms with Gasteiger partial charge in [0.15, 0.2) is 5.78 Å². The van der Waals surface area contributed by atoms with Gasteiger partial charge in [-0.2, -0.15) is 0 Å². The van der Waals surface area contributed by atoms with Crippen molar-refractivity contribution in [1.29, 1.82) is 0 Å². The van der Waals surface area contributed by atoms with Crippen molar-refractivity contribution in [2.45, 2.75) is 12.8 Å². The second-order valence-corrected chi connectivity index (χ2v) is 3.41. The molecule has 0 aromatic carbocycles. The van der Waals surface area contributed by atoms with Crippen molar-refractivity contribution in [3.05, 3.63) is 35.5 Å². The normalized spacial score (nSPS) is 26.2. The predicted octanol–water partition coefficient (Wildman–Crippen LogP) is 1.59. The van der Waals surface area contributed by atoms with E-state index in [0.717, 1.165) is 23.9 Å². The van der Waals surface area contributed by atoms with E-state index in [9.17, 15) is 9.59 Å². The maximum atomic E-state index is 11.1. The fraction of sp³-hybridized carbons (Fsp3) is 0.273. The van der Waals surface area contributed by atoms with Gasteiger partial charge in [-0.25, -0.2) is 0 Å². The van der Waals surface area contributed by atoms with Crippen LogP contribution in [-0.4, -0.2) is 12.1 Å². The fourth-order valence-corrected chi connectivity index (χ4v) is 1.74. The highest BCUT2D eigenvalue weighted by atomic mass is 16.1. The summed E-state index contributed by atoms with van der Waals surface area (Å²) in [6.45, 7) is 0. The molecule has 0 amide bonds. The van der Waals surface area contributed by atoms with Crippen LogP contribution in [0.5, 0.6) is 0 Å². The molecule has 0 bridgehead atoms. The van der Waals surface area contributed by atoms with Gasteiger partial charge >= 0.3 is 0 Å². The summed E-state index contributed by atoms with van der Waals surface area (Å²) in [6, 6.07) is 0. The highest BCUT2D eigenvalue weighted by molar-refractivity contribution is 5.93. The van der Waals surface area contributed by atoms with E-state index < -0.39 is 0 Å². The minimum Gasteiger partial charge on any atom is -0.298 e. The molecule has 0 saturated carbocycles. The molecule has 2 nitrogen and oxygen atoms in total. The van der Waals surface area contributed by atoms with Crippen LogP contribution >= 0.6 is 0 Å². The smallest absolute Gasteiger partial charge is 0.159 e. The molecule has 0 aliphatic heterocycles. The number of allylic oxidation sites excluding steroid dienone is 6. The Morgan fingerprint density at radius 1 is 1.38 bits per heavy atom. The third kappa shape index (κ3) is 1.52. The minimum atomic E-state index is 0.158. The number of ketones is 1. The Morgan fingerprint density at radius 2 is 2.23 bits per heavy atom. The van der Waals surface area contributed by atoms with Crippen LogP contribution in [0, 0.1) is 5.92 Å². The molecule has 2 aliphatic carbocycles. The van der Waals surface area contributed by atoms with Crippen molar-refractivity contribution < 1.29 is 9.59 Å². The van der Waals surface area contributed by atoms with E-state index in [2.05, 4.69) is 0 Å². The van der Waals surface area contributed by atoms with E-state index in [1.54, 1.807) is 6.08 Å². The lowest BCUT2D eigenvalue weighted by molar-refractivity contribution is -0.114. The van der Waals surface area contributed by atoms with E-state index in [4.69, 9.17) is 0 Å². The molecule has 66 valence electrons. The van der Waals surface area contributed by atoms with E-state index >= 15 is 0 Å². The third-order valence-corrected chi connectivity index (χ3v) is 2.49. The van der Waals surface area contributed by atoms with Gasteiger partial charge in [-0.3, -0.25) is 9.59 Å². The molecule has 2 rings (SSSR count). The lowest BCUT2D eigenvalue weighted by atomic mass is 9.81. The van der Waals surface area contributed by atoms with Crippen LogP contribution in [0.25, 0.3) is 0 Å². The van der Waals surface area contributed by atoms with Gasteiger partial charge in [0.25, 0.3) is 0 Å². The topological polar surface area (TPSA) is 34.1 Å². The SMILES string of the molecule is O=CC1=CC=C2CC(=O)C=CC2C1. The zero-order valence-corrected chi connectivity index (χ0v) is 7.19. The molecule has 0 aromatic rings. The predicted molar refractivity (Wildman–Crippen MR) is 49.1 cm³/mol. The number of hydrogen-bond acceptors (Lipinski definition) is 2. The molecular weight excluding hydrogens is 164 g/mol. The molecule has 0 radical (unpaired) electrons. The van der Waals surface area contributed by atoms with Crippen LogP contribution in [0.1, 0.15) is 12.8 Å². The average Bonchev–Trinajstić information content (AvgIpc) is 2.17. The second-order valence-electron chi connectivity index (χ2n) is 3.41. The molecule has 0 heterocycles. The summed E-state index contributed by atoms with van der Waals surface area (Å²) >= 11 is 0. The Hall–Kier alpha value is -1.44. The average molecular weight is 174 g/mol. The first-order valence-corrected chi connectivity index (χ1v) is 4.35. The van der Waals surface area contributed by atoms with Crippen LogP contribution in [0.15, 0.2) is 35.5 Å². The van der Waals surface area contributed by atoms with Crippen molar-refractivity contribution in [2.75, 3.05) is 0 Å². The summed E-state index contributed by atoms with van der Waals surface area (Å²) in [4.78, 5) is 21.6. The number of fused-ring (bicyclic) bond motifs is 1. The van der Waals surface area contributed by atoms with Gasteiger partial charge < -0.3 is 0 Å². The van der Waals surface area contributed by atoms with E-state index in [-0.39, 0.29) is 11.7 Å². The van der Waals surface area contributed by atoms with Gasteiger partial charge in [0.1, 0.15) is 6.29 Å². The van der Waals surface area contributed by atoms with E-state index in [0.29, 0.717) is 6.42 Å². The summed E-state index contributed by atoms with van der Waals surface area (Å²) in [7, 11) is 0. The zero-order valence-electron chi connectivity index (χ0n) is 7.19. The highest BCUT2D eigenvalue weighted by Crippen LogP contribution is 2.30. The number of carbonyl (C=O) groups is 2. The van der Waals surface area contributed by atoms with Gasteiger partial charge in [-0.15, -0.1) is 0 Å². The molecule has 0 saturated heterocycles. The van der Waals surface area contributed by atoms with Crippen LogP contribution in [0.2, 0.25) is 0 Å². The fourth-order valence-electron chi connectivity index (χ4n) is 1.74. The Balaban J connectivity index is 2.29. The first kappa shape index (κ1) is 8.17. The first-order valence-electron chi connectivity index (χ1n) is 4.35. The van der Waals surface area contributed by atoms with Crippen molar-refractivity contribution in [3.63, 3.8) is 0 Å². The monoisotopic (exact) mass is 174 g/mol. The number of rotatable bonds is 1. The van der Waals surface area contributed by atoms with Gasteiger partial charge in [-0.1, -0.05) is 23.8 Å². The van der Waals surface area contributed by atoms with Crippen LogP contribution in [-0.2, 0) is 9.59 Å². The maximum absolute atomic E-state index is 11.1. The summed E-state index contributed by atoms with van der Waals surface area (Å²) in [5.41, 5.74) is 1.95. The Morgan fingerprint density at radius 3 is 3.00 bits per heavy atom. The van der Waals surface area contributed by atoms with Gasteiger partial charge in [0, 0.05) is 12.3 Å². The Labute approximate surface area is 76.6 Å². The third-order valence-electron chi connectivity index (χ3n) is 2.49. The van der Waals surface area contributed by atoms with Gasteiger partial charge in [0.05, 0.1) is 0 Å². The quantitative estimate of drug-likeness (QED) is 0.566. The van der Waals surface area contributed by atoms with Crippen LogP contribution in [0.4, 0.5) is 0 Å². The molecule has 0 N–H and O–H groups in total. The number of carbonyl (C=O) groups excluding carboxylic acids is 2. The summed E-state index contributed by atoms with van der Waals surface area (Å²) in [5.74, 6) is 0.438. The van der Waals surface area contributed by atoms with Crippen molar-refractivity contribution >= 4 is 12.1 Å². The van der Waals surface area contributed by atoms with Crippen molar-refractivity contribution in [3.8, 4) is 0 Å². The molecular formula is C11H10O2. The summed E-state index contributed by atoms with van der Waals surface area (Å²) in [6.07, 6.45) is 9.38. The standard InChI is InChI=1S/C11H10O2/c12-7-8-1-2-10-6-11(13)4-3-9(10)5-8/h1-4,7,9H,5-6H2. The lowest BCUT2D eigenvalue weighted by Crippen LogP contribution is -2.14. The molecule has 2 aliphatic rings. The van der Waals surface area contributed by atoms with Crippen LogP contribution < -0.4 is 0 Å². The van der Waals surface area contributed by atoms with Gasteiger partial charge in [0.2, 0.25) is 0 Å². The Bertz CT molecular complexity index is 345. The molecule has 0 spiro atoms. The molecule has 0 fully saturated rings. The maximum Gasteiger partial charge on any atom is 0.159 e. The molecule has 1 atom stereocenters. The molecule has 2 heteroatoms. The Kier molecular flexibility index (Phi) is 1.97. The van der Waals surface area contributed by atoms with E-state index in [1.165, 1.54) is 0 Å². The lowest BCUT2D eigenvalue weighted by Gasteiger charge is -2.22. The van der Waals surface area contributed by atoms with Crippen molar-refractivity contribution in [2.24, 2.45) is 5.92 Å². The molecule has 0 aromatic heterocycles. The second kappa shape index (κ2) is 3.13. The van der Waals surface area contributed by atoms with Gasteiger partial charge in [-0.05, 0) is 18.1 Å². The van der Waals surface area contributed by atoms with Crippen LogP contribution in [0.3, 0.4) is 0 Å². The summed E-state index contributed by atoms with van der Waals surface area (Å²) < 4.78 is 0. The first-order chi connectivity index (χ1) is 6.29.